The first kappa shape index (κ1) is 16.3. The van der Waals surface area contributed by atoms with E-state index in [9.17, 15) is 19.5 Å². The molecule has 3 N–H and O–H groups in total. The number of rotatable bonds is 4. The predicted molar refractivity (Wildman–Crippen MR) is 73.3 cm³/mol. The molecule has 3 amide bonds. The smallest absolute Gasteiger partial charge is 0.329 e. The Morgan fingerprint density at radius 3 is 2.30 bits per heavy atom. The van der Waals surface area contributed by atoms with Gasteiger partial charge in [-0.15, -0.1) is 0 Å². The fraction of sp³-hybridized carbons (Fsp3) is 0.769. The standard InChI is InChI=1S/C13H23N3O4/c1-8(2)14-10(17)9(3)15-12(20)16-7-5-6-13(16,4)11(18)19/h8-9H,5-7H2,1-4H3,(H,14,17)(H,15,20)(H,18,19). The van der Waals surface area contributed by atoms with E-state index in [-0.39, 0.29) is 11.9 Å². The summed E-state index contributed by atoms with van der Waals surface area (Å²) in [6.07, 6.45) is 1.06. The zero-order valence-corrected chi connectivity index (χ0v) is 12.4. The van der Waals surface area contributed by atoms with Crippen molar-refractivity contribution in [1.82, 2.24) is 15.5 Å². The van der Waals surface area contributed by atoms with Gasteiger partial charge in [0.15, 0.2) is 0 Å². The van der Waals surface area contributed by atoms with Crippen LogP contribution in [0.3, 0.4) is 0 Å². The summed E-state index contributed by atoms with van der Waals surface area (Å²) < 4.78 is 0. The number of carbonyl (C=O) groups is 3. The maximum Gasteiger partial charge on any atom is 0.329 e. The largest absolute Gasteiger partial charge is 0.480 e. The Labute approximate surface area is 118 Å². The van der Waals surface area contributed by atoms with Gasteiger partial charge in [-0.25, -0.2) is 9.59 Å². The molecular formula is C13H23N3O4. The first-order chi connectivity index (χ1) is 9.18. The molecule has 2 unspecified atom stereocenters. The van der Waals surface area contributed by atoms with Crippen LogP contribution in [0.2, 0.25) is 0 Å². The average Bonchev–Trinajstić information content (AvgIpc) is 2.71. The van der Waals surface area contributed by atoms with E-state index in [0.717, 1.165) is 0 Å². The van der Waals surface area contributed by atoms with E-state index in [4.69, 9.17) is 0 Å². The van der Waals surface area contributed by atoms with Crippen molar-refractivity contribution in [3.05, 3.63) is 0 Å². The summed E-state index contributed by atoms with van der Waals surface area (Å²) in [5, 5.41) is 14.5. The zero-order valence-electron chi connectivity index (χ0n) is 12.4. The highest BCUT2D eigenvalue weighted by molar-refractivity contribution is 5.90. The van der Waals surface area contributed by atoms with Crippen molar-refractivity contribution in [2.45, 2.75) is 58.2 Å². The highest BCUT2D eigenvalue weighted by atomic mass is 16.4. The third-order valence-corrected chi connectivity index (χ3v) is 3.51. The van der Waals surface area contributed by atoms with Crippen LogP contribution in [-0.4, -0.2) is 52.1 Å². The lowest BCUT2D eigenvalue weighted by Gasteiger charge is -2.32. The molecule has 0 saturated carbocycles. The lowest BCUT2D eigenvalue weighted by atomic mass is 10.00. The van der Waals surface area contributed by atoms with Gasteiger partial charge in [0, 0.05) is 12.6 Å². The third-order valence-electron chi connectivity index (χ3n) is 3.51. The molecule has 114 valence electrons. The molecule has 0 aromatic heterocycles. The molecule has 0 aromatic carbocycles. The Morgan fingerprint density at radius 2 is 1.80 bits per heavy atom. The molecule has 20 heavy (non-hydrogen) atoms. The van der Waals surface area contributed by atoms with Gasteiger partial charge >= 0.3 is 12.0 Å². The number of urea groups is 1. The van der Waals surface area contributed by atoms with Crippen LogP contribution < -0.4 is 10.6 Å². The first-order valence-electron chi connectivity index (χ1n) is 6.80. The normalized spacial score (nSPS) is 23.6. The van der Waals surface area contributed by atoms with Crippen molar-refractivity contribution in [3.63, 3.8) is 0 Å². The van der Waals surface area contributed by atoms with Crippen LogP contribution in [0.4, 0.5) is 4.79 Å². The second-order valence-electron chi connectivity index (χ2n) is 5.67. The maximum atomic E-state index is 12.1. The van der Waals surface area contributed by atoms with Crippen LogP contribution >= 0.6 is 0 Å². The molecule has 1 fully saturated rings. The van der Waals surface area contributed by atoms with Crippen LogP contribution in [0.5, 0.6) is 0 Å². The Hall–Kier alpha value is -1.79. The lowest BCUT2D eigenvalue weighted by Crippen LogP contribution is -2.57. The molecule has 1 aliphatic heterocycles. The number of likely N-dealkylation sites (tertiary alicyclic amines) is 1. The van der Waals surface area contributed by atoms with Crippen LogP contribution in [0.1, 0.15) is 40.5 Å². The van der Waals surface area contributed by atoms with E-state index < -0.39 is 23.6 Å². The van der Waals surface area contributed by atoms with E-state index in [1.165, 1.54) is 11.8 Å². The number of hydrogen-bond donors (Lipinski definition) is 3. The van der Waals surface area contributed by atoms with Gasteiger partial charge in [-0.05, 0) is 40.5 Å². The van der Waals surface area contributed by atoms with Gasteiger partial charge < -0.3 is 20.6 Å². The summed E-state index contributed by atoms with van der Waals surface area (Å²) >= 11 is 0. The van der Waals surface area contributed by atoms with Crippen LogP contribution in [0.25, 0.3) is 0 Å². The molecule has 0 aromatic rings. The number of aliphatic carboxylic acids is 1. The van der Waals surface area contributed by atoms with E-state index in [1.807, 2.05) is 13.8 Å². The molecule has 1 aliphatic rings. The van der Waals surface area contributed by atoms with Crippen molar-refractivity contribution >= 4 is 17.9 Å². The van der Waals surface area contributed by atoms with Crippen LogP contribution in [0.15, 0.2) is 0 Å². The minimum atomic E-state index is -1.20. The summed E-state index contributed by atoms with van der Waals surface area (Å²) in [7, 11) is 0. The average molecular weight is 285 g/mol. The summed E-state index contributed by atoms with van der Waals surface area (Å²) in [6, 6.07) is -1.24. The molecule has 7 heteroatoms. The monoisotopic (exact) mass is 285 g/mol. The minimum absolute atomic E-state index is 0.0158. The molecule has 1 heterocycles. The molecule has 0 aliphatic carbocycles. The Bertz CT molecular complexity index is 410. The summed E-state index contributed by atoms with van der Waals surface area (Å²) in [5.74, 6) is -1.31. The number of amides is 3. The van der Waals surface area contributed by atoms with Gasteiger partial charge in [0.05, 0.1) is 0 Å². The lowest BCUT2D eigenvalue weighted by molar-refractivity contribution is -0.147. The molecule has 0 bridgehead atoms. The van der Waals surface area contributed by atoms with Crippen molar-refractivity contribution < 1.29 is 19.5 Å². The molecule has 7 nitrogen and oxygen atoms in total. The highest BCUT2D eigenvalue weighted by Crippen LogP contribution is 2.29. The molecular weight excluding hydrogens is 262 g/mol. The Morgan fingerprint density at radius 1 is 1.20 bits per heavy atom. The topological polar surface area (TPSA) is 98.7 Å². The molecule has 1 rings (SSSR count). The summed E-state index contributed by atoms with van der Waals surface area (Å²) in [5.41, 5.74) is -1.20. The first-order valence-corrected chi connectivity index (χ1v) is 6.80. The third kappa shape index (κ3) is 3.40. The highest BCUT2D eigenvalue weighted by Gasteiger charge is 2.46. The predicted octanol–water partition coefficient (Wildman–Crippen LogP) is 0.548. The van der Waals surface area contributed by atoms with Gasteiger partial charge in [0.25, 0.3) is 0 Å². The van der Waals surface area contributed by atoms with Gasteiger partial charge in [-0.2, -0.15) is 0 Å². The SMILES string of the molecule is CC(C)NC(=O)C(C)NC(=O)N1CCCC1(C)C(=O)O. The second kappa shape index (κ2) is 6.11. The minimum Gasteiger partial charge on any atom is -0.480 e. The number of carboxylic acids is 1. The van der Waals surface area contributed by atoms with Crippen molar-refractivity contribution in [2.75, 3.05) is 6.54 Å². The van der Waals surface area contributed by atoms with E-state index in [0.29, 0.717) is 19.4 Å². The quantitative estimate of drug-likeness (QED) is 0.702. The summed E-state index contributed by atoms with van der Waals surface area (Å²) in [6.45, 7) is 7.14. The fourth-order valence-electron chi connectivity index (χ4n) is 2.25. The molecule has 0 spiro atoms. The fourth-order valence-corrected chi connectivity index (χ4v) is 2.25. The van der Waals surface area contributed by atoms with Crippen molar-refractivity contribution in [2.24, 2.45) is 0 Å². The van der Waals surface area contributed by atoms with E-state index in [1.54, 1.807) is 6.92 Å². The summed E-state index contributed by atoms with van der Waals surface area (Å²) in [4.78, 5) is 36.5. The van der Waals surface area contributed by atoms with Gasteiger partial charge in [0.1, 0.15) is 11.6 Å². The zero-order chi connectivity index (χ0) is 15.5. The van der Waals surface area contributed by atoms with Crippen molar-refractivity contribution in [3.8, 4) is 0 Å². The Balaban J connectivity index is 2.67. The number of carbonyl (C=O) groups excluding carboxylic acids is 2. The molecule has 1 saturated heterocycles. The van der Waals surface area contributed by atoms with Crippen LogP contribution in [0, 0.1) is 0 Å². The van der Waals surface area contributed by atoms with E-state index in [2.05, 4.69) is 10.6 Å². The van der Waals surface area contributed by atoms with Crippen molar-refractivity contribution in [1.29, 1.82) is 0 Å². The van der Waals surface area contributed by atoms with Gasteiger partial charge in [-0.3, -0.25) is 4.79 Å². The van der Waals surface area contributed by atoms with Gasteiger partial charge in [-0.1, -0.05) is 0 Å². The molecule has 2 atom stereocenters. The second-order valence-corrected chi connectivity index (χ2v) is 5.67. The van der Waals surface area contributed by atoms with Gasteiger partial charge in [0.2, 0.25) is 5.91 Å². The number of hydrogen-bond acceptors (Lipinski definition) is 3. The number of carboxylic acid groups (broad SMARTS) is 1. The maximum absolute atomic E-state index is 12.1. The van der Waals surface area contributed by atoms with E-state index >= 15 is 0 Å². The number of nitrogens with zero attached hydrogens (tertiary/aromatic N) is 1. The molecule has 0 radical (unpaired) electrons. The Kier molecular flexibility index (Phi) is 4.97. The number of nitrogens with one attached hydrogen (secondary N) is 2. The van der Waals surface area contributed by atoms with Crippen LogP contribution in [-0.2, 0) is 9.59 Å².